The molecule has 2 amide bonds. The maximum Gasteiger partial charge on any atom is 0.272 e. The van der Waals surface area contributed by atoms with Crippen molar-refractivity contribution in [2.24, 2.45) is 0 Å². The summed E-state index contributed by atoms with van der Waals surface area (Å²) in [5.74, 6) is 0.0921. The second kappa shape index (κ2) is 9.12. The standard InChI is InChI=1S/C23H16Cl2N2O4/c24-16-6-2-1-5-15(16)22(28)27-19(23(29)26-18-8-4-3-7-17(18)25)11-14-9-10-20-21(12-14)31-13-30-20/h1-12H,13H2,(H,26,29)(H,27,28)/b19-11+. The quantitative estimate of drug-likeness (QED) is 0.523. The normalized spacial score (nSPS) is 12.4. The van der Waals surface area contributed by atoms with Gasteiger partial charge in [-0.25, -0.2) is 0 Å². The molecule has 0 aromatic heterocycles. The van der Waals surface area contributed by atoms with Crippen molar-refractivity contribution >= 4 is 46.8 Å². The maximum atomic E-state index is 13.0. The highest BCUT2D eigenvalue weighted by molar-refractivity contribution is 6.34. The van der Waals surface area contributed by atoms with E-state index in [4.69, 9.17) is 32.7 Å². The first-order valence-corrected chi connectivity index (χ1v) is 10.00. The van der Waals surface area contributed by atoms with E-state index in [1.807, 2.05) is 0 Å². The van der Waals surface area contributed by atoms with Crippen LogP contribution in [0.25, 0.3) is 6.08 Å². The number of carbonyl (C=O) groups excluding carboxylic acids is 2. The zero-order chi connectivity index (χ0) is 21.8. The molecule has 3 aromatic carbocycles. The lowest BCUT2D eigenvalue weighted by molar-refractivity contribution is -0.113. The van der Waals surface area contributed by atoms with Crippen LogP contribution in [0.15, 0.2) is 72.4 Å². The molecule has 0 unspecified atom stereocenters. The Morgan fingerprint density at radius 1 is 0.871 bits per heavy atom. The van der Waals surface area contributed by atoms with Crippen LogP contribution in [0.5, 0.6) is 11.5 Å². The van der Waals surface area contributed by atoms with Gasteiger partial charge in [0.05, 0.1) is 21.3 Å². The van der Waals surface area contributed by atoms with E-state index in [1.165, 1.54) is 6.08 Å². The fraction of sp³-hybridized carbons (Fsp3) is 0.0435. The van der Waals surface area contributed by atoms with Gasteiger partial charge in [0.2, 0.25) is 6.79 Å². The number of amides is 2. The average molecular weight is 455 g/mol. The summed E-state index contributed by atoms with van der Waals surface area (Å²) in [6.07, 6.45) is 1.53. The largest absolute Gasteiger partial charge is 0.454 e. The SMILES string of the molecule is O=C(Nc1ccccc1Cl)/C(=C\c1ccc2c(c1)OCO2)NC(=O)c1ccccc1Cl. The summed E-state index contributed by atoms with van der Waals surface area (Å²) < 4.78 is 10.7. The molecule has 0 saturated heterocycles. The highest BCUT2D eigenvalue weighted by Crippen LogP contribution is 2.33. The molecule has 0 fully saturated rings. The third-order valence-electron chi connectivity index (χ3n) is 4.44. The van der Waals surface area contributed by atoms with Crippen LogP contribution in [0, 0.1) is 0 Å². The maximum absolute atomic E-state index is 13.0. The highest BCUT2D eigenvalue weighted by Gasteiger charge is 2.19. The van der Waals surface area contributed by atoms with Crippen LogP contribution < -0.4 is 20.1 Å². The summed E-state index contributed by atoms with van der Waals surface area (Å²) >= 11 is 12.3. The zero-order valence-corrected chi connectivity index (χ0v) is 17.5. The number of hydrogen-bond donors (Lipinski definition) is 2. The van der Waals surface area contributed by atoms with Crippen molar-refractivity contribution in [3.05, 3.63) is 93.6 Å². The first kappa shape index (κ1) is 20.8. The number of halogens is 2. The summed E-state index contributed by atoms with van der Waals surface area (Å²) in [7, 11) is 0. The number of rotatable bonds is 5. The van der Waals surface area contributed by atoms with Crippen molar-refractivity contribution in [3.8, 4) is 11.5 Å². The molecule has 156 valence electrons. The average Bonchev–Trinajstić information content (AvgIpc) is 3.23. The molecule has 0 bridgehead atoms. The molecule has 1 heterocycles. The van der Waals surface area contributed by atoms with Crippen molar-refractivity contribution < 1.29 is 19.1 Å². The van der Waals surface area contributed by atoms with E-state index in [2.05, 4.69) is 10.6 Å². The number of fused-ring (bicyclic) bond motifs is 1. The Bertz CT molecular complexity index is 1190. The Kier molecular flexibility index (Phi) is 6.11. The molecule has 2 N–H and O–H groups in total. The molecule has 0 radical (unpaired) electrons. The fourth-order valence-corrected chi connectivity index (χ4v) is 3.32. The van der Waals surface area contributed by atoms with Crippen LogP contribution in [0.2, 0.25) is 10.0 Å². The second-order valence-corrected chi connectivity index (χ2v) is 7.35. The molecule has 0 atom stereocenters. The highest BCUT2D eigenvalue weighted by atomic mass is 35.5. The fourth-order valence-electron chi connectivity index (χ4n) is 2.92. The van der Waals surface area contributed by atoms with Crippen molar-refractivity contribution in [1.82, 2.24) is 5.32 Å². The van der Waals surface area contributed by atoms with Gasteiger partial charge in [0.1, 0.15) is 5.70 Å². The number of anilines is 1. The van der Waals surface area contributed by atoms with Gasteiger partial charge in [0.15, 0.2) is 11.5 Å². The van der Waals surface area contributed by atoms with Crippen molar-refractivity contribution in [3.63, 3.8) is 0 Å². The van der Waals surface area contributed by atoms with Crippen molar-refractivity contribution in [2.45, 2.75) is 0 Å². The molecule has 4 rings (SSSR count). The number of benzene rings is 3. The van der Waals surface area contributed by atoms with Gasteiger partial charge in [-0.1, -0.05) is 53.5 Å². The van der Waals surface area contributed by atoms with Crippen LogP contribution in [0.1, 0.15) is 15.9 Å². The molecule has 0 saturated carbocycles. The monoisotopic (exact) mass is 454 g/mol. The van der Waals surface area contributed by atoms with Crippen LogP contribution in [-0.4, -0.2) is 18.6 Å². The van der Waals surface area contributed by atoms with Crippen LogP contribution >= 0.6 is 23.2 Å². The van der Waals surface area contributed by atoms with Crippen LogP contribution in [-0.2, 0) is 4.79 Å². The number of nitrogens with one attached hydrogen (secondary N) is 2. The van der Waals surface area contributed by atoms with E-state index in [-0.39, 0.29) is 23.1 Å². The summed E-state index contributed by atoms with van der Waals surface area (Å²) in [6.45, 7) is 0.131. The number of hydrogen-bond acceptors (Lipinski definition) is 4. The van der Waals surface area contributed by atoms with Crippen molar-refractivity contribution in [1.29, 1.82) is 0 Å². The van der Waals surface area contributed by atoms with Crippen LogP contribution in [0.4, 0.5) is 5.69 Å². The Hall–Kier alpha value is -3.48. The first-order chi connectivity index (χ1) is 15.0. The number of carbonyl (C=O) groups is 2. The third kappa shape index (κ3) is 4.82. The van der Waals surface area contributed by atoms with Gasteiger partial charge in [-0.15, -0.1) is 0 Å². The van der Waals surface area contributed by atoms with Crippen molar-refractivity contribution in [2.75, 3.05) is 12.1 Å². The van der Waals surface area contributed by atoms with Crippen LogP contribution in [0.3, 0.4) is 0 Å². The van der Waals surface area contributed by atoms with Gasteiger partial charge in [0.25, 0.3) is 11.8 Å². The number of para-hydroxylation sites is 1. The Morgan fingerprint density at radius 2 is 1.58 bits per heavy atom. The minimum absolute atomic E-state index is 0.00343. The van der Waals surface area contributed by atoms with Gasteiger partial charge in [0, 0.05) is 0 Å². The predicted octanol–water partition coefficient (Wildman–Crippen LogP) is 5.13. The molecule has 1 aliphatic rings. The Balaban J connectivity index is 1.66. The summed E-state index contributed by atoms with van der Waals surface area (Å²) in [5.41, 5.74) is 1.29. The lowest BCUT2D eigenvalue weighted by Crippen LogP contribution is -2.31. The topological polar surface area (TPSA) is 76.7 Å². The minimum Gasteiger partial charge on any atom is -0.454 e. The van der Waals surface area contributed by atoms with Gasteiger partial charge in [-0.3, -0.25) is 9.59 Å². The lowest BCUT2D eigenvalue weighted by Gasteiger charge is -2.13. The molecule has 6 nitrogen and oxygen atoms in total. The number of ether oxygens (including phenoxy) is 2. The van der Waals surface area contributed by atoms with Gasteiger partial charge in [-0.2, -0.15) is 0 Å². The van der Waals surface area contributed by atoms with Gasteiger partial charge >= 0.3 is 0 Å². The molecule has 0 aliphatic carbocycles. The second-order valence-electron chi connectivity index (χ2n) is 6.54. The Morgan fingerprint density at radius 3 is 2.35 bits per heavy atom. The van der Waals surface area contributed by atoms with E-state index in [0.29, 0.717) is 27.8 Å². The van der Waals surface area contributed by atoms with E-state index in [1.54, 1.807) is 66.7 Å². The molecule has 31 heavy (non-hydrogen) atoms. The molecule has 3 aromatic rings. The molecule has 0 spiro atoms. The smallest absolute Gasteiger partial charge is 0.272 e. The minimum atomic E-state index is -0.550. The van der Waals surface area contributed by atoms with Gasteiger partial charge < -0.3 is 20.1 Å². The van der Waals surface area contributed by atoms with E-state index >= 15 is 0 Å². The molecule has 1 aliphatic heterocycles. The van der Waals surface area contributed by atoms with Gasteiger partial charge in [-0.05, 0) is 48.0 Å². The molecular weight excluding hydrogens is 439 g/mol. The predicted molar refractivity (Wildman–Crippen MR) is 120 cm³/mol. The molecular formula is C23H16Cl2N2O4. The third-order valence-corrected chi connectivity index (χ3v) is 5.10. The summed E-state index contributed by atoms with van der Waals surface area (Å²) in [5, 5.41) is 6.00. The van der Waals surface area contributed by atoms with E-state index in [0.717, 1.165) is 0 Å². The summed E-state index contributed by atoms with van der Waals surface area (Å²) in [6, 6.07) is 18.6. The van der Waals surface area contributed by atoms with E-state index < -0.39 is 11.8 Å². The molecule has 8 heteroatoms. The summed E-state index contributed by atoms with van der Waals surface area (Å²) in [4.78, 5) is 25.8. The Labute approximate surface area is 188 Å². The lowest BCUT2D eigenvalue weighted by atomic mass is 10.1. The first-order valence-electron chi connectivity index (χ1n) is 9.24. The zero-order valence-electron chi connectivity index (χ0n) is 16.0. The van der Waals surface area contributed by atoms with E-state index in [9.17, 15) is 9.59 Å².